The predicted octanol–water partition coefficient (Wildman–Crippen LogP) is 3.31. The average molecular weight is 189 g/mol. The Balaban J connectivity index is 3.23. The Kier molecular flexibility index (Phi) is 2.58. The summed E-state index contributed by atoms with van der Waals surface area (Å²) in [5, 5.41) is 9.40. The number of halogens is 2. The van der Waals surface area contributed by atoms with Crippen molar-refractivity contribution in [3.05, 3.63) is 28.5 Å². The van der Waals surface area contributed by atoms with Gasteiger partial charge >= 0.3 is 0 Å². The summed E-state index contributed by atoms with van der Waals surface area (Å²) in [5.74, 6) is -0.837. The van der Waals surface area contributed by atoms with Crippen LogP contribution < -0.4 is 0 Å². The maximum Gasteiger partial charge on any atom is 0.166 e. The number of phenolic OH excluding ortho intramolecular Hbond substituents is 1. The first-order valence-electron chi connectivity index (χ1n) is 3.70. The van der Waals surface area contributed by atoms with E-state index in [1.165, 1.54) is 6.07 Å². The quantitative estimate of drug-likeness (QED) is 0.717. The molecule has 3 heteroatoms. The molecule has 1 nitrogen and oxygen atoms in total. The Morgan fingerprint density at radius 1 is 1.42 bits per heavy atom. The van der Waals surface area contributed by atoms with E-state index >= 15 is 0 Å². The van der Waals surface area contributed by atoms with E-state index < -0.39 is 5.82 Å². The van der Waals surface area contributed by atoms with Crippen LogP contribution in [0.4, 0.5) is 4.39 Å². The van der Waals surface area contributed by atoms with Gasteiger partial charge < -0.3 is 5.11 Å². The highest BCUT2D eigenvalue weighted by atomic mass is 35.5. The number of hydrogen-bond acceptors (Lipinski definition) is 1. The molecule has 0 unspecified atom stereocenters. The normalized spacial score (nSPS) is 10.8. The van der Waals surface area contributed by atoms with Crippen LogP contribution in [0.25, 0.3) is 0 Å². The van der Waals surface area contributed by atoms with Gasteiger partial charge in [-0.15, -0.1) is 0 Å². The van der Waals surface area contributed by atoms with Crippen molar-refractivity contribution in [1.29, 1.82) is 0 Å². The zero-order chi connectivity index (χ0) is 9.30. The van der Waals surface area contributed by atoms with Gasteiger partial charge in [0.25, 0.3) is 0 Å². The van der Waals surface area contributed by atoms with Crippen LogP contribution in [0.3, 0.4) is 0 Å². The first-order chi connectivity index (χ1) is 5.52. The summed E-state index contributed by atoms with van der Waals surface area (Å²) in [6, 6.07) is 2.49. The molecule has 1 aromatic carbocycles. The van der Waals surface area contributed by atoms with Crippen LogP contribution in [0.1, 0.15) is 25.3 Å². The van der Waals surface area contributed by atoms with Crippen LogP contribution in [0, 0.1) is 5.82 Å². The van der Waals surface area contributed by atoms with E-state index in [-0.39, 0.29) is 11.7 Å². The van der Waals surface area contributed by atoms with Crippen LogP contribution in [-0.2, 0) is 0 Å². The van der Waals surface area contributed by atoms with Crippen molar-refractivity contribution in [1.82, 2.24) is 0 Å². The highest BCUT2D eigenvalue weighted by molar-refractivity contribution is 6.31. The molecule has 0 aliphatic carbocycles. The zero-order valence-corrected chi connectivity index (χ0v) is 7.69. The average Bonchev–Trinajstić information content (AvgIpc) is 1.96. The maximum atomic E-state index is 12.7. The summed E-state index contributed by atoms with van der Waals surface area (Å²) in [5.41, 5.74) is 0.760. The first kappa shape index (κ1) is 9.33. The van der Waals surface area contributed by atoms with E-state index in [0.29, 0.717) is 5.02 Å². The van der Waals surface area contributed by atoms with Gasteiger partial charge in [-0.3, -0.25) is 0 Å². The molecule has 1 rings (SSSR count). The maximum absolute atomic E-state index is 12.7. The van der Waals surface area contributed by atoms with Gasteiger partial charge in [0.2, 0.25) is 0 Å². The molecule has 1 N–H and O–H groups in total. The highest BCUT2D eigenvalue weighted by Gasteiger charge is 2.09. The molecule has 0 saturated carbocycles. The van der Waals surface area contributed by atoms with Crippen molar-refractivity contribution in [3.63, 3.8) is 0 Å². The van der Waals surface area contributed by atoms with E-state index in [2.05, 4.69) is 0 Å². The minimum Gasteiger partial charge on any atom is -0.505 e. The molecule has 0 aliphatic heterocycles. The molecular formula is C9H10ClFO. The molecular weight excluding hydrogens is 179 g/mol. The van der Waals surface area contributed by atoms with Crippen molar-refractivity contribution in [2.45, 2.75) is 19.8 Å². The molecule has 0 atom stereocenters. The van der Waals surface area contributed by atoms with Gasteiger partial charge in [0, 0.05) is 5.02 Å². The third kappa shape index (κ3) is 1.69. The third-order valence-electron chi connectivity index (χ3n) is 1.69. The molecule has 12 heavy (non-hydrogen) atoms. The molecule has 0 aromatic heterocycles. The van der Waals surface area contributed by atoms with Gasteiger partial charge in [-0.05, 0) is 23.6 Å². The molecule has 0 fully saturated rings. The highest BCUT2D eigenvalue weighted by Crippen LogP contribution is 2.29. The second-order valence-electron chi connectivity index (χ2n) is 2.98. The fourth-order valence-electron chi connectivity index (χ4n) is 0.996. The summed E-state index contributed by atoms with van der Waals surface area (Å²) >= 11 is 5.75. The Labute approximate surface area is 75.8 Å². The number of aromatic hydroxyl groups is 1. The number of benzene rings is 1. The lowest BCUT2D eigenvalue weighted by Crippen LogP contribution is -1.90. The Bertz CT molecular complexity index is 297. The minimum absolute atomic E-state index is 0.184. The Morgan fingerprint density at radius 3 is 2.50 bits per heavy atom. The van der Waals surface area contributed by atoms with Crippen molar-refractivity contribution in [2.75, 3.05) is 0 Å². The number of phenols is 1. The lowest BCUT2D eigenvalue weighted by atomic mass is 10.0. The first-order valence-corrected chi connectivity index (χ1v) is 4.08. The largest absolute Gasteiger partial charge is 0.505 e. The summed E-state index contributed by atoms with van der Waals surface area (Å²) in [7, 11) is 0. The van der Waals surface area contributed by atoms with Crippen molar-refractivity contribution >= 4 is 11.6 Å². The smallest absolute Gasteiger partial charge is 0.166 e. The Morgan fingerprint density at radius 2 is 2.00 bits per heavy atom. The van der Waals surface area contributed by atoms with Gasteiger partial charge in [-0.2, -0.15) is 0 Å². The van der Waals surface area contributed by atoms with Crippen LogP contribution in [0.5, 0.6) is 5.75 Å². The van der Waals surface area contributed by atoms with Gasteiger partial charge in [-0.1, -0.05) is 25.4 Å². The molecule has 0 radical (unpaired) electrons. The summed E-state index contributed by atoms with van der Waals surface area (Å²) in [4.78, 5) is 0. The molecule has 0 saturated heterocycles. The van der Waals surface area contributed by atoms with E-state index in [0.717, 1.165) is 11.6 Å². The molecule has 0 amide bonds. The predicted molar refractivity (Wildman–Crippen MR) is 47.2 cm³/mol. The van der Waals surface area contributed by atoms with Gasteiger partial charge in [0.1, 0.15) is 0 Å². The van der Waals surface area contributed by atoms with E-state index in [9.17, 15) is 4.39 Å². The summed E-state index contributed by atoms with van der Waals surface area (Å²) in [6.45, 7) is 3.86. The van der Waals surface area contributed by atoms with Crippen molar-refractivity contribution in [2.24, 2.45) is 0 Å². The second kappa shape index (κ2) is 3.31. The van der Waals surface area contributed by atoms with E-state index in [4.69, 9.17) is 16.7 Å². The Hall–Kier alpha value is -0.760. The fraction of sp³-hybridized carbons (Fsp3) is 0.333. The zero-order valence-electron chi connectivity index (χ0n) is 6.94. The minimum atomic E-state index is -0.676. The standard InChI is InChI=1S/C9H10ClFO/c1-5(2)6-3-9(12)8(11)4-7(6)10/h3-5,12H,1-2H3. The third-order valence-corrected chi connectivity index (χ3v) is 2.02. The van der Waals surface area contributed by atoms with Crippen molar-refractivity contribution in [3.8, 4) is 5.75 Å². The van der Waals surface area contributed by atoms with Gasteiger partial charge in [0.15, 0.2) is 11.6 Å². The molecule has 0 spiro atoms. The monoisotopic (exact) mass is 188 g/mol. The van der Waals surface area contributed by atoms with Crippen LogP contribution in [0.15, 0.2) is 12.1 Å². The van der Waals surface area contributed by atoms with Gasteiger partial charge in [-0.25, -0.2) is 4.39 Å². The summed E-state index contributed by atoms with van der Waals surface area (Å²) < 4.78 is 12.7. The van der Waals surface area contributed by atoms with Gasteiger partial charge in [0.05, 0.1) is 0 Å². The lowest BCUT2D eigenvalue weighted by Gasteiger charge is -2.08. The molecule has 0 bridgehead atoms. The van der Waals surface area contributed by atoms with E-state index in [1.807, 2.05) is 13.8 Å². The van der Waals surface area contributed by atoms with E-state index in [1.54, 1.807) is 0 Å². The lowest BCUT2D eigenvalue weighted by molar-refractivity contribution is 0.431. The number of hydrogen-bond donors (Lipinski definition) is 1. The molecule has 1 aromatic rings. The van der Waals surface area contributed by atoms with Crippen LogP contribution >= 0.6 is 11.6 Å². The fourth-order valence-corrected chi connectivity index (χ4v) is 1.36. The second-order valence-corrected chi connectivity index (χ2v) is 3.39. The number of rotatable bonds is 1. The summed E-state index contributed by atoms with van der Waals surface area (Å²) in [6.07, 6.45) is 0. The topological polar surface area (TPSA) is 20.2 Å². The van der Waals surface area contributed by atoms with Crippen LogP contribution in [0.2, 0.25) is 5.02 Å². The SMILES string of the molecule is CC(C)c1cc(O)c(F)cc1Cl. The molecule has 0 heterocycles. The molecule has 66 valence electrons. The molecule has 0 aliphatic rings. The van der Waals surface area contributed by atoms with Crippen LogP contribution in [-0.4, -0.2) is 5.11 Å². The van der Waals surface area contributed by atoms with Crippen molar-refractivity contribution < 1.29 is 9.50 Å².